The van der Waals surface area contributed by atoms with Crippen molar-refractivity contribution >= 4 is 28.1 Å². The summed E-state index contributed by atoms with van der Waals surface area (Å²) in [6, 6.07) is 20.4. The molecule has 0 radical (unpaired) electrons. The van der Waals surface area contributed by atoms with Crippen molar-refractivity contribution in [2.45, 2.75) is 45.1 Å². The molecule has 9 nitrogen and oxygen atoms in total. The molecule has 224 valence electrons. The number of hydrogen-bond acceptors (Lipinski definition) is 9. The number of esters is 1. The minimum atomic E-state index is -0.838. The lowest BCUT2D eigenvalue weighted by Gasteiger charge is -2.28. The second kappa shape index (κ2) is 13.1. The molecule has 1 aliphatic heterocycles. The molecule has 1 atom stereocenters. The Morgan fingerprint density at radius 2 is 1.70 bits per heavy atom. The molecule has 0 bridgehead atoms. The summed E-state index contributed by atoms with van der Waals surface area (Å²) < 4.78 is 11.6. The van der Waals surface area contributed by atoms with Crippen LogP contribution in [0.5, 0.6) is 11.6 Å². The number of nitrogens with zero attached hydrogens (tertiary/aromatic N) is 3. The maximum Gasteiger partial charge on any atom is 0.328 e. The molecule has 1 fully saturated rings. The molecule has 0 spiro atoms. The van der Waals surface area contributed by atoms with Gasteiger partial charge in [-0.25, -0.2) is 9.78 Å². The monoisotopic (exact) mass is 590 g/mol. The van der Waals surface area contributed by atoms with Crippen LogP contribution in [0.15, 0.2) is 88.7 Å². The first kappa shape index (κ1) is 29.0. The van der Waals surface area contributed by atoms with Crippen LogP contribution in [-0.2, 0) is 16.0 Å². The number of hydrogen-bond donors (Lipinski definition) is 1. The van der Waals surface area contributed by atoms with Crippen LogP contribution in [0.25, 0.3) is 22.0 Å². The molecular weight excluding hydrogens is 556 g/mol. The maximum absolute atomic E-state index is 13.0. The lowest BCUT2D eigenvalue weighted by Crippen LogP contribution is -2.46. The summed E-state index contributed by atoms with van der Waals surface area (Å²) >= 11 is 0. The van der Waals surface area contributed by atoms with E-state index < -0.39 is 22.9 Å². The van der Waals surface area contributed by atoms with Gasteiger partial charge in [-0.1, -0.05) is 55.3 Å². The van der Waals surface area contributed by atoms with Crippen molar-refractivity contribution in [2.75, 3.05) is 29.9 Å². The van der Waals surface area contributed by atoms with Gasteiger partial charge in [-0.15, -0.1) is 0 Å². The third-order valence-electron chi connectivity index (χ3n) is 7.94. The summed E-state index contributed by atoms with van der Waals surface area (Å²) in [6.07, 6.45) is 7.86. The lowest BCUT2D eigenvalue weighted by atomic mass is 10.0. The second-order valence-corrected chi connectivity index (χ2v) is 11.0. The normalized spacial score (nSPS) is 14.2. The topological polar surface area (TPSA) is 111 Å². The largest absolute Gasteiger partial charge is 0.464 e. The van der Waals surface area contributed by atoms with Gasteiger partial charge in [0.25, 0.3) is 10.9 Å². The molecular formula is C35H34N4O5. The molecule has 0 unspecified atom stereocenters. The van der Waals surface area contributed by atoms with Gasteiger partial charge in [-0.3, -0.25) is 14.6 Å². The maximum atomic E-state index is 13.0. The highest BCUT2D eigenvalue weighted by molar-refractivity contribution is 5.89. The molecule has 1 aliphatic rings. The highest BCUT2D eigenvalue weighted by Gasteiger charge is 2.30. The molecule has 1 N–H and O–H groups in total. The van der Waals surface area contributed by atoms with Crippen molar-refractivity contribution in [1.29, 1.82) is 0 Å². The Bertz CT molecular complexity index is 1820. The molecule has 5 aromatic rings. The van der Waals surface area contributed by atoms with Gasteiger partial charge < -0.3 is 19.7 Å². The Morgan fingerprint density at radius 3 is 2.43 bits per heavy atom. The molecule has 9 heteroatoms. The first-order chi connectivity index (χ1) is 21.5. The van der Waals surface area contributed by atoms with Gasteiger partial charge in [0.15, 0.2) is 0 Å². The number of pyridine rings is 2. The fourth-order valence-electron chi connectivity index (χ4n) is 5.65. The van der Waals surface area contributed by atoms with Crippen LogP contribution in [0.4, 0.5) is 11.4 Å². The van der Waals surface area contributed by atoms with Gasteiger partial charge >= 0.3 is 5.97 Å². The van der Waals surface area contributed by atoms with Gasteiger partial charge in [0, 0.05) is 37.5 Å². The standard InChI is InChI=1S/C35H34N4O5/c1-2-43-35(42)29(37-30-31(33(41)32(30)40)39-18-8-3-4-9-19-39)20-23-12-14-26(15-13-23)44-34-27-22-36-17-16-25(27)21-28(38-34)24-10-6-5-7-11-24/h5-7,10-17,21-22,29,37H,2-4,8-9,18-20H2,1H3/t29-/m0/s1. The van der Waals surface area contributed by atoms with Crippen molar-refractivity contribution in [3.8, 4) is 22.9 Å². The fourth-order valence-corrected chi connectivity index (χ4v) is 5.65. The highest BCUT2D eigenvalue weighted by Crippen LogP contribution is 2.32. The smallest absolute Gasteiger partial charge is 0.328 e. The van der Waals surface area contributed by atoms with Crippen LogP contribution in [0.2, 0.25) is 0 Å². The number of aromatic nitrogens is 2. The zero-order chi connectivity index (χ0) is 30.5. The molecule has 44 heavy (non-hydrogen) atoms. The van der Waals surface area contributed by atoms with Crippen molar-refractivity contribution in [2.24, 2.45) is 0 Å². The van der Waals surface area contributed by atoms with Gasteiger partial charge in [-0.2, -0.15) is 0 Å². The van der Waals surface area contributed by atoms with Crippen LogP contribution in [0.3, 0.4) is 0 Å². The van der Waals surface area contributed by atoms with E-state index in [-0.39, 0.29) is 18.7 Å². The van der Waals surface area contributed by atoms with E-state index >= 15 is 0 Å². The number of anilines is 2. The molecule has 0 saturated carbocycles. The number of carbonyl (C=O) groups is 1. The van der Waals surface area contributed by atoms with Gasteiger partial charge in [0.1, 0.15) is 23.2 Å². The summed E-state index contributed by atoms with van der Waals surface area (Å²) in [5.74, 6) is 0.529. The number of ether oxygens (including phenoxy) is 2. The molecule has 0 amide bonds. The van der Waals surface area contributed by atoms with Crippen LogP contribution in [0.1, 0.15) is 38.2 Å². The van der Waals surface area contributed by atoms with Gasteiger partial charge in [-0.05, 0) is 55.0 Å². The molecule has 0 aliphatic carbocycles. The summed E-state index contributed by atoms with van der Waals surface area (Å²) in [5, 5.41) is 4.82. The van der Waals surface area contributed by atoms with Gasteiger partial charge in [0.05, 0.1) is 17.7 Å². The van der Waals surface area contributed by atoms with Gasteiger partial charge in [0.2, 0.25) is 5.88 Å². The van der Waals surface area contributed by atoms with Crippen LogP contribution in [-0.4, -0.2) is 41.7 Å². The number of carbonyl (C=O) groups excluding carboxylic acids is 1. The molecule has 3 heterocycles. The Labute approximate surface area is 255 Å². The fraction of sp³-hybridized carbons (Fsp3) is 0.286. The average molecular weight is 591 g/mol. The number of fused-ring (bicyclic) bond motifs is 1. The average Bonchev–Trinajstić information content (AvgIpc) is 3.34. The minimum absolute atomic E-state index is 0.201. The first-order valence-electron chi connectivity index (χ1n) is 15.1. The number of rotatable bonds is 10. The molecule has 6 rings (SSSR count). The SMILES string of the molecule is CCOC(=O)[C@H](Cc1ccc(Oc2nc(-c3ccccc3)cc3ccncc23)cc1)Nc1c(N2CCCCCC2)c(=O)c1=O. The summed E-state index contributed by atoms with van der Waals surface area (Å²) in [4.78, 5) is 49.2. The van der Waals surface area contributed by atoms with E-state index in [0.29, 0.717) is 17.3 Å². The van der Waals surface area contributed by atoms with Crippen molar-refractivity contribution in [3.05, 3.63) is 105 Å². The lowest BCUT2D eigenvalue weighted by molar-refractivity contribution is -0.144. The zero-order valence-corrected chi connectivity index (χ0v) is 24.6. The minimum Gasteiger partial charge on any atom is -0.464 e. The third kappa shape index (κ3) is 6.17. The quantitative estimate of drug-likeness (QED) is 0.163. The predicted octanol–water partition coefficient (Wildman–Crippen LogP) is 5.65. The molecule has 2 aromatic heterocycles. The van der Waals surface area contributed by atoms with E-state index in [1.807, 2.05) is 71.6 Å². The van der Waals surface area contributed by atoms with Crippen LogP contribution >= 0.6 is 0 Å². The first-order valence-corrected chi connectivity index (χ1v) is 15.1. The van der Waals surface area contributed by atoms with Crippen molar-refractivity contribution < 1.29 is 14.3 Å². The van der Waals surface area contributed by atoms with Crippen molar-refractivity contribution in [3.63, 3.8) is 0 Å². The van der Waals surface area contributed by atoms with E-state index in [9.17, 15) is 14.4 Å². The van der Waals surface area contributed by atoms with E-state index in [2.05, 4.69) is 10.3 Å². The third-order valence-corrected chi connectivity index (χ3v) is 7.94. The number of benzene rings is 2. The van der Waals surface area contributed by atoms with E-state index in [1.165, 1.54) is 0 Å². The van der Waals surface area contributed by atoms with Crippen LogP contribution < -0.4 is 25.8 Å². The highest BCUT2D eigenvalue weighted by atomic mass is 16.5. The second-order valence-electron chi connectivity index (χ2n) is 11.0. The van der Waals surface area contributed by atoms with Crippen LogP contribution in [0, 0.1) is 0 Å². The van der Waals surface area contributed by atoms with Crippen molar-refractivity contribution in [1.82, 2.24) is 9.97 Å². The van der Waals surface area contributed by atoms with E-state index in [0.717, 1.165) is 66.4 Å². The zero-order valence-electron chi connectivity index (χ0n) is 24.6. The number of nitrogens with one attached hydrogen (secondary N) is 1. The Kier molecular flexibility index (Phi) is 8.63. The Morgan fingerprint density at radius 1 is 0.955 bits per heavy atom. The Hall–Kier alpha value is -5.05. The van der Waals surface area contributed by atoms with E-state index in [4.69, 9.17) is 14.5 Å². The summed E-state index contributed by atoms with van der Waals surface area (Å²) in [7, 11) is 0. The molecule has 1 saturated heterocycles. The Balaban J connectivity index is 1.22. The summed E-state index contributed by atoms with van der Waals surface area (Å²) in [5.41, 5.74) is 2.11. The summed E-state index contributed by atoms with van der Waals surface area (Å²) in [6.45, 7) is 3.38. The molecule has 3 aromatic carbocycles. The predicted molar refractivity (Wildman–Crippen MR) is 171 cm³/mol. The van der Waals surface area contributed by atoms with E-state index in [1.54, 1.807) is 19.3 Å².